The third-order valence-corrected chi connectivity index (χ3v) is 3.73. The van der Waals surface area contributed by atoms with Gasteiger partial charge in [-0.1, -0.05) is 6.42 Å². The Balaban J connectivity index is 2.07. The number of hydrogen-bond acceptors (Lipinski definition) is 3. The quantitative estimate of drug-likeness (QED) is 0.757. The molecule has 1 aliphatic heterocycles. The van der Waals surface area contributed by atoms with Crippen molar-refractivity contribution in [3.63, 3.8) is 0 Å². The summed E-state index contributed by atoms with van der Waals surface area (Å²) in [4.78, 5) is 18.5. The van der Waals surface area contributed by atoms with E-state index in [0.29, 0.717) is 5.92 Å². The normalized spacial score (nSPS) is 20.5. The first-order valence-electron chi connectivity index (χ1n) is 6.21. The monoisotopic (exact) mass is 219 g/mol. The van der Waals surface area contributed by atoms with Gasteiger partial charge in [-0.05, 0) is 38.0 Å². The maximum absolute atomic E-state index is 11.5. The van der Waals surface area contributed by atoms with Crippen LogP contribution in [0.1, 0.15) is 49.3 Å². The summed E-state index contributed by atoms with van der Waals surface area (Å²) in [6, 6.07) is 0. The van der Waals surface area contributed by atoms with Crippen LogP contribution < -0.4 is 11.0 Å². The van der Waals surface area contributed by atoms with E-state index in [9.17, 15) is 4.79 Å². The van der Waals surface area contributed by atoms with E-state index < -0.39 is 0 Å². The Labute approximate surface area is 94.5 Å². The summed E-state index contributed by atoms with van der Waals surface area (Å²) in [5, 5.41) is 3.28. The van der Waals surface area contributed by atoms with Crippen LogP contribution in [0.2, 0.25) is 0 Å². The summed E-state index contributed by atoms with van der Waals surface area (Å²) >= 11 is 0. The Bertz CT molecular complexity index is 448. The van der Waals surface area contributed by atoms with Crippen molar-refractivity contribution in [2.45, 2.75) is 44.4 Å². The van der Waals surface area contributed by atoms with Crippen molar-refractivity contribution in [1.29, 1.82) is 0 Å². The van der Waals surface area contributed by atoms with Gasteiger partial charge in [-0.25, -0.2) is 4.79 Å². The topological polar surface area (TPSA) is 57.8 Å². The highest BCUT2D eigenvalue weighted by Gasteiger charge is 2.25. The second-order valence-electron chi connectivity index (χ2n) is 4.79. The Kier molecular flexibility index (Phi) is 2.42. The first-order chi connectivity index (χ1) is 7.84. The van der Waals surface area contributed by atoms with Crippen LogP contribution in [-0.2, 0) is 6.42 Å². The zero-order valence-corrected chi connectivity index (χ0v) is 9.38. The predicted molar refractivity (Wildman–Crippen MR) is 62.9 cm³/mol. The first kappa shape index (κ1) is 9.87. The van der Waals surface area contributed by atoms with Crippen molar-refractivity contribution in [3.05, 3.63) is 21.7 Å². The molecule has 3 rings (SSSR count). The van der Waals surface area contributed by atoms with Crippen molar-refractivity contribution in [3.8, 4) is 0 Å². The minimum atomic E-state index is -0.199. The van der Waals surface area contributed by atoms with E-state index in [1.54, 1.807) is 0 Å². The Morgan fingerprint density at radius 2 is 2.06 bits per heavy atom. The number of hydrogen-bond donors (Lipinski definition) is 2. The molecule has 0 saturated heterocycles. The van der Waals surface area contributed by atoms with Crippen LogP contribution >= 0.6 is 0 Å². The highest BCUT2D eigenvalue weighted by Crippen LogP contribution is 2.38. The molecule has 0 radical (unpaired) electrons. The molecule has 0 bridgehead atoms. The van der Waals surface area contributed by atoms with Gasteiger partial charge in [0.15, 0.2) is 0 Å². The smallest absolute Gasteiger partial charge is 0.347 e. The van der Waals surface area contributed by atoms with Gasteiger partial charge in [0.25, 0.3) is 0 Å². The number of aromatic amines is 1. The van der Waals surface area contributed by atoms with Crippen molar-refractivity contribution >= 4 is 5.82 Å². The Morgan fingerprint density at radius 3 is 2.81 bits per heavy atom. The molecular weight excluding hydrogens is 202 g/mol. The fourth-order valence-electron chi connectivity index (χ4n) is 2.59. The maximum Gasteiger partial charge on any atom is 0.347 e. The number of nitrogens with zero attached hydrogens (tertiary/aromatic N) is 1. The fourth-order valence-corrected chi connectivity index (χ4v) is 2.59. The summed E-state index contributed by atoms with van der Waals surface area (Å²) in [6.45, 7) is 0.938. The molecule has 2 heterocycles. The zero-order valence-electron chi connectivity index (χ0n) is 9.38. The molecule has 16 heavy (non-hydrogen) atoms. The van der Waals surface area contributed by atoms with Gasteiger partial charge in [0, 0.05) is 17.8 Å². The molecule has 1 aliphatic carbocycles. The molecule has 1 aromatic rings. The van der Waals surface area contributed by atoms with Gasteiger partial charge in [-0.2, -0.15) is 4.98 Å². The molecule has 4 nitrogen and oxygen atoms in total. The number of nitrogens with one attached hydrogen (secondary N) is 2. The maximum atomic E-state index is 11.5. The lowest BCUT2D eigenvalue weighted by Crippen LogP contribution is -2.23. The number of aromatic nitrogens is 2. The molecule has 0 aromatic carbocycles. The van der Waals surface area contributed by atoms with Gasteiger partial charge >= 0.3 is 5.69 Å². The van der Waals surface area contributed by atoms with Crippen LogP contribution in [0.3, 0.4) is 0 Å². The molecule has 0 spiro atoms. The van der Waals surface area contributed by atoms with Crippen LogP contribution in [0.5, 0.6) is 0 Å². The summed E-state index contributed by atoms with van der Waals surface area (Å²) in [5.74, 6) is 1.41. The molecule has 1 fully saturated rings. The number of anilines is 1. The third kappa shape index (κ3) is 1.62. The second-order valence-corrected chi connectivity index (χ2v) is 4.79. The van der Waals surface area contributed by atoms with Crippen LogP contribution in [0, 0.1) is 0 Å². The van der Waals surface area contributed by atoms with Crippen LogP contribution in [0.15, 0.2) is 4.79 Å². The van der Waals surface area contributed by atoms with Crippen LogP contribution in [-0.4, -0.2) is 16.5 Å². The van der Waals surface area contributed by atoms with Crippen molar-refractivity contribution in [1.82, 2.24) is 9.97 Å². The molecule has 1 saturated carbocycles. The van der Waals surface area contributed by atoms with Crippen LogP contribution in [0.4, 0.5) is 5.82 Å². The molecule has 0 amide bonds. The molecular formula is C12H17N3O. The molecule has 0 atom stereocenters. The molecule has 4 heteroatoms. The largest absolute Gasteiger partial charge is 0.370 e. The SMILES string of the molecule is O=c1nc2c(c(C3CCC3)[nH]1)CCCCN2. The van der Waals surface area contributed by atoms with Gasteiger partial charge in [-0.3, -0.25) is 0 Å². The minimum Gasteiger partial charge on any atom is -0.370 e. The highest BCUT2D eigenvalue weighted by molar-refractivity contribution is 5.48. The van der Waals surface area contributed by atoms with E-state index in [-0.39, 0.29) is 5.69 Å². The molecule has 2 N–H and O–H groups in total. The van der Waals surface area contributed by atoms with E-state index in [0.717, 1.165) is 30.9 Å². The van der Waals surface area contributed by atoms with Gasteiger partial charge in [0.2, 0.25) is 0 Å². The van der Waals surface area contributed by atoms with E-state index in [2.05, 4.69) is 15.3 Å². The number of H-pyrrole nitrogens is 1. The summed E-state index contributed by atoms with van der Waals surface area (Å²) in [5.41, 5.74) is 2.23. The number of fused-ring (bicyclic) bond motifs is 1. The summed E-state index contributed by atoms with van der Waals surface area (Å²) in [6.07, 6.45) is 7.12. The lowest BCUT2D eigenvalue weighted by Gasteiger charge is -2.27. The average molecular weight is 219 g/mol. The lowest BCUT2D eigenvalue weighted by atomic mass is 9.80. The number of rotatable bonds is 1. The minimum absolute atomic E-state index is 0.199. The van der Waals surface area contributed by atoms with Gasteiger partial charge in [-0.15, -0.1) is 0 Å². The van der Waals surface area contributed by atoms with Gasteiger partial charge in [0.05, 0.1) is 0 Å². The van der Waals surface area contributed by atoms with Crippen LogP contribution in [0.25, 0.3) is 0 Å². The average Bonchev–Trinajstić information content (AvgIpc) is 2.39. The van der Waals surface area contributed by atoms with Gasteiger partial charge in [0.1, 0.15) is 5.82 Å². The zero-order chi connectivity index (χ0) is 11.0. The van der Waals surface area contributed by atoms with Crippen molar-refractivity contribution in [2.75, 3.05) is 11.9 Å². The summed E-state index contributed by atoms with van der Waals surface area (Å²) < 4.78 is 0. The lowest BCUT2D eigenvalue weighted by molar-refractivity contribution is 0.407. The van der Waals surface area contributed by atoms with E-state index in [1.165, 1.54) is 31.2 Å². The fraction of sp³-hybridized carbons (Fsp3) is 0.667. The second kappa shape index (κ2) is 3.92. The first-order valence-corrected chi connectivity index (χ1v) is 6.21. The molecule has 86 valence electrons. The van der Waals surface area contributed by atoms with E-state index >= 15 is 0 Å². The van der Waals surface area contributed by atoms with Crippen molar-refractivity contribution in [2.24, 2.45) is 0 Å². The summed E-state index contributed by atoms with van der Waals surface area (Å²) in [7, 11) is 0. The molecule has 0 unspecified atom stereocenters. The predicted octanol–water partition coefficient (Wildman–Crippen LogP) is 1.79. The standard InChI is InChI=1S/C12H17N3O/c16-12-14-10(8-4-3-5-8)9-6-1-2-7-13-11(9)15-12/h8H,1-7H2,(H2,13,14,15,16). The van der Waals surface area contributed by atoms with Crippen molar-refractivity contribution < 1.29 is 0 Å². The third-order valence-electron chi connectivity index (χ3n) is 3.73. The Hall–Kier alpha value is -1.32. The van der Waals surface area contributed by atoms with Gasteiger partial charge < -0.3 is 10.3 Å². The highest BCUT2D eigenvalue weighted by atomic mass is 16.1. The molecule has 1 aromatic heterocycles. The van der Waals surface area contributed by atoms with E-state index in [1.807, 2.05) is 0 Å². The molecule has 2 aliphatic rings. The van der Waals surface area contributed by atoms with E-state index in [4.69, 9.17) is 0 Å². The Morgan fingerprint density at radius 1 is 1.19 bits per heavy atom.